The predicted molar refractivity (Wildman–Crippen MR) is 76.8 cm³/mol. The number of nitrogens with zero attached hydrogens (tertiary/aromatic N) is 1. The van der Waals surface area contributed by atoms with Crippen LogP contribution in [0.15, 0.2) is 4.99 Å². The number of hydrogen-bond acceptors (Lipinski definition) is 2. The minimum Gasteiger partial charge on any atom is -0.379 e. The van der Waals surface area contributed by atoms with Gasteiger partial charge in [0.25, 0.3) is 0 Å². The Labute approximate surface area is 111 Å². The predicted octanol–water partition coefficient (Wildman–Crippen LogP) is 2.28. The Morgan fingerprint density at radius 1 is 1.33 bits per heavy atom. The van der Waals surface area contributed by atoms with E-state index < -0.39 is 0 Å². The second-order valence-corrected chi connectivity index (χ2v) is 6.30. The molecule has 4 nitrogen and oxygen atoms in total. The van der Waals surface area contributed by atoms with Crippen LogP contribution in [0, 0.1) is 5.41 Å². The van der Waals surface area contributed by atoms with E-state index >= 15 is 0 Å². The van der Waals surface area contributed by atoms with Gasteiger partial charge in [0, 0.05) is 13.2 Å². The summed E-state index contributed by atoms with van der Waals surface area (Å²) in [6, 6.07) is 0.512. The van der Waals surface area contributed by atoms with Gasteiger partial charge in [0.1, 0.15) is 0 Å². The topological polar surface area (TPSA) is 59.6 Å². The first-order chi connectivity index (χ1) is 8.43. The number of nitrogens with two attached hydrogens (primary N) is 1. The van der Waals surface area contributed by atoms with Gasteiger partial charge in [0.15, 0.2) is 5.96 Å². The van der Waals surface area contributed by atoms with Crippen LogP contribution in [0.2, 0.25) is 0 Å². The molecular formula is C14H29N3O. The molecule has 0 aromatic heterocycles. The molecule has 4 heteroatoms. The molecule has 0 amide bonds. The number of ether oxygens (including phenoxy) is 1. The lowest BCUT2D eigenvalue weighted by atomic mass is 9.89. The smallest absolute Gasteiger partial charge is 0.188 e. The summed E-state index contributed by atoms with van der Waals surface area (Å²) in [4.78, 5) is 4.41. The van der Waals surface area contributed by atoms with Crippen molar-refractivity contribution in [2.45, 2.75) is 65.0 Å². The summed E-state index contributed by atoms with van der Waals surface area (Å²) in [6.07, 6.45) is 6.47. The van der Waals surface area contributed by atoms with Crippen LogP contribution in [0.3, 0.4) is 0 Å². The lowest BCUT2D eigenvalue weighted by molar-refractivity contribution is 0.0241. The molecule has 1 aliphatic rings. The van der Waals surface area contributed by atoms with Gasteiger partial charge in [-0.1, -0.05) is 40.0 Å². The molecule has 0 spiro atoms. The number of hydrogen-bond donors (Lipinski definition) is 2. The van der Waals surface area contributed by atoms with Crippen LogP contribution < -0.4 is 11.1 Å². The first kappa shape index (κ1) is 15.3. The molecule has 0 aliphatic heterocycles. The molecule has 0 bridgehead atoms. The van der Waals surface area contributed by atoms with Crippen LogP contribution >= 0.6 is 0 Å². The monoisotopic (exact) mass is 255 g/mol. The average Bonchev–Trinajstić information content (AvgIpc) is 2.29. The van der Waals surface area contributed by atoms with Gasteiger partial charge in [0.05, 0.1) is 12.6 Å². The molecule has 0 aromatic carbocycles. The quantitative estimate of drug-likeness (QED) is 0.598. The van der Waals surface area contributed by atoms with Crippen LogP contribution in [0.1, 0.15) is 52.9 Å². The normalized spacial score (nSPS) is 20.8. The Morgan fingerprint density at radius 2 is 1.94 bits per heavy atom. The zero-order valence-electron chi connectivity index (χ0n) is 12.3. The van der Waals surface area contributed by atoms with E-state index in [1.165, 1.54) is 32.1 Å². The van der Waals surface area contributed by atoms with E-state index in [-0.39, 0.29) is 11.5 Å². The van der Waals surface area contributed by atoms with Crippen molar-refractivity contribution in [2.75, 3.05) is 13.7 Å². The van der Waals surface area contributed by atoms with Crippen LogP contribution in [-0.4, -0.2) is 31.8 Å². The molecule has 106 valence electrons. The molecule has 1 fully saturated rings. The highest BCUT2D eigenvalue weighted by molar-refractivity contribution is 5.78. The molecule has 0 heterocycles. The highest BCUT2D eigenvalue weighted by Gasteiger charge is 2.24. The van der Waals surface area contributed by atoms with Crippen molar-refractivity contribution in [3.05, 3.63) is 0 Å². The second-order valence-electron chi connectivity index (χ2n) is 6.30. The number of nitrogens with one attached hydrogen (secondary N) is 1. The summed E-state index contributed by atoms with van der Waals surface area (Å²) in [5.41, 5.74) is 6.02. The summed E-state index contributed by atoms with van der Waals surface area (Å²) in [5, 5.41) is 3.32. The van der Waals surface area contributed by atoms with Crippen LogP contribution in [0.4, 0.5) is 0 Å². The van der Waals surface area contributed by atoms with Gasteiger partial charge in [-0.15, -0.1) is 0 Å². The Kier molecular flexibility index (Phi) is 5.93. The van der Waals surface area contributed by atoms with E-state index in [1.807, 2.05) is 0 Å². The molecule has 1 unspecified atom stereocenters. The van der Waals surface area contributed by atoms with Crippen molar-refractivity contribution in [1.82, 2.24) is 5.32 Å². The van der Waals surface area contributed by atoms with Crippen LogP contribution in [-0.2, 0) is 4.74 Å². The van der Waals surface area contributed by atoms with Crippen molar-refractivity contribution < 1.29 is 4.74 Å². The molecule has 0 saturated heterocycles. The molecule has 1 atom stereocenters. The lowest BCUT2D eigenvalue weighted by Crippen LogP contribution is -2.42. The van der Waals surface area contributed by atoms with Gasteiger partial charge < -0.3 is 15.8 Å². The average molecular weight is 255 g/mol. The summed E-state index contributed by atoms with van der Waals surface area (Å²) in [5.74, 6) is 0.563. The molecule has 3 N–H and O–H groups in total. The maximum atomic E-state index is 5.93. The summed E-state index contributed by atoms with van der Waals surface area (Å²) in [6.45, 7) is 7.08. The Balaban J connectivity index is 2.40. The van der Waals surface area contributed by atoms with Crippen molar-refractivity contribution in [3.8, 4) is 0 Å². The Bertz CT molecular complexity index is 265. The van der Waals surface area contributed by atoms with Gasteiger partial charge in [-0.2, -0.15) is 0 Å². The molecule has 18 heavy (non-hydrogen) atoms. The van der Waals surface area contributed by atoms with E-state index in [0.29, 0.717) is 18.5 Å². The standard InChI is InChI=1S/C14H29N3O/c1-14(2,3)12(18-4)10-16-13(15)17-11-8-6-5-7-9-11/h11-12H,5-10H2,1-4H3,(H3,15,16,17). The van der Waals surface area contributed by atoms with Crippen LogP contribution in [0.5, 0.6) is 0 Å². The summed E-state index contributed by atoms with van der Waals surface area (Å²) in [7, 11) is 1.73. The van der Waals surface area contributed by atoms with E-state index in [9.17, 15) is 0 Å². The fourth-order valence-electron chi connectivity index (χ4n) is 2.38. The fourth-order valence-corrected chi connectivity index (χ4v) is 2.38. The highest BCUT2D eigenvalue weighted by atomic mass is 16.5. The van der Waals surface area contributed by atoms with Crippen molar-refractivity contribution in [3.63, 3.8) is 0 Å². The first-order valence-electron chi connectivity index (χ1n) is 7.02. The van der Waals surface area contributed by atoms with Crippen molar-refractivity contribution >= 4 is 5.96 Å². The molecule has 0 aromatic rings. The number of rotatable bonds is 4. The van der Waals surface area contributed by atoms with E-state index in [4.69, 9.17) is 10.5 Å². The van der Waals surface area contributed by atoms with Gasteiger partial charge in [-0.25, -0.2) is 0 Å². The molecule has 1 aliphatic carbocycles. The van der Waals surface area contributed by atoms with Gasteiger partial charge in [-0.3, -0.25) is 4.99 Å². The van der Waals surface area contributed by atoms with Gasteiger partial charge in [0.2, 0.25) is 0 Å². The van der Waals surface area contributed by atoms with E-state index in [2.05, 4.69) is 31.1 Å². The third-order valence-corrected chi connectivity index (χ3v) is 3.64. The van der Waals surface area contributed by atoms with Crippen LogP contribution in [0.25, 0.3) is 0 Å². The molecule has 1 rings (SSSR count). The SMILES string of the molecule is COC(CN=C(N)NC1CCCCC1)C(C)(C)C. The molecule has 0 radical (unpaired) electrons. The molecule has 1 saturated carbocycles. The maximum Gasteiger partial charge on any atom is 0.188 e. The van der Waals surface area contributed by atoms with Crippen molar-refractivity contribution in [1.29, 1.82) is 0 Å². The number of guanidine groups is 1. The van der Waals surface area contributed by atoms with E-state index in [0.717, 1.165) is 0 Å². The van der Waals surface area contributed by atoms with Gasteiger partial charge >= 0.3 is 0 Å². The Morgan fingerprint density at radius 3 is 2.44 bits per heavy atom. The third-order valence-electron chi connectivity index (χ3n) is 3.64. The number of methoxy groups -OCH3 is 1. The molecular weight excluding hydrogens is 226 g/mol. The zero-order chi connectivity index (χ0) is 13.6. The van der Waals surface area contributed by atoms with E-state index in [1.54, 1.807) is 7.11 Å². The number of aliphatic imine (C=N–C) groups is 1. The summed E-state index contributed by atoms with van der Waals surface area (Å²) < 4.78 is 5.46. The second kappa shape index (κ2) is 6.98. The van der Waals surface area contributed by atoms with Gasteiger partial charge in [-0.05, 0) is 18.3 Å². The zero-order valence-corrected chi connectivity index (χ0v) is 12.3. The first-order valence-corrected chi connectivity index (χ1v) is 7.02. The third kappa shape index (κ3) is 5.25. The minimum absolute atomic E-state index is 0.0867. The fraction of sp³-hybridized carbons (Fsp3) is 0.929. The van der Waals surface area contributed by atoms with Crippen molar-refractivity contribution in [2.24, 2.45) is 16.1 Å². The maximum absolute atomic E-state index is 5.93. The highest BCUT2D eigenvalue weighted by Crippen LogP contribution is 2.22. The minimum atomic E-state index is 0.0867. The summed E-state index contributed by atoms with van der Waals surface area (Å²) >= 11 is 0. The Hall–Kier alpha value is -0.770. The largest absolute Gasteiger partial charge is 0.379 e. The lowest BCUT2D eigenvalue weighted by Gasteiger charge is -2.28.